The first-order valence-electron chi connectivity index (χ1n) is 7.08. The van der Waals surface area contributed by atoms with E-state index in [4.69, 9.17) is 17.0 Å². The van der Waals surface area contributed by atoms with Gasteiger partial charge >= 0.3 is 0 Å². The lowest BCUT2D eigenvalue weighted by atomic mass is 9.95. The Hall–Kier alpha value is -1.15. The van der Waals surface area contributed by atoms with Crippen molar-refractivity contribution in [2.75, 3.05) is 54.0 Å². The smallest absolute Gasteiger partial charge is 0.156 e. The first-order valence-corrected chi connectivity index (χ1v) is 7.49. The lowest BCUT2D eigenvalue weighted by Gasteiger charge is -2.42. The van der Waals surface area contributed by atoms with Crippen molar-refractivity contribution >= 4 is 17.2 Å². The van der Waals surface area contributed by atoms with E-state index in [1.54, 1.807) is 12.4 Å². The van der Waals surface area contributed by atoms with E-state index in [0.717, 1.165) is 43.7 Å². The van der Waals surface area contributed by atoms with Crippen LogP contribution in [0.5, 0.6) is 0 Å². The molecule has 0 amide bonds. The maximum absolute atomic E-state index is 5.62. The number of morpholine rings is 1. The molecule has 1 atom stereocenters. The van der Waals surface area contributed by atoms with Crippen LogP contribution < -0.4 is 5.32 Å². The highest BCUT2D eigenvalue weighted by molar-refractivity contribution is 7.80. The second-order valence-electron chi connectivity index (χ2n) is 5.29. The summed E-state index contributed by atoms with van der Waals surface area (Å²) in [6, 6.07) is 1.82. The summed E-state index contributed by atoms with van der Waals surface area (Å²) in [6.07, 6.45) is 3.52. The van der Waals surface area contributed by atoms with Crippen LogP contribution in [0.3, 0.4) is 0 Å². The Bertz CT molecular complexity index is 464. The Kier molecular flexibility index (Phi) is 5.58. The molecular weight excluding hydrogens is 286 g/mol. The molecule has 1 fully saturated rings. The van der Waals surface area contributed by atoms with Crippen LogP contribution in [0, 0.1) is 0 Å². The molecule has 0 saturated carbocycles. The van der Waals surface area contributed by atoms with Gasteiger partial charge in [-0.05, 0) is 20.2 Å². The highest BCUT2D eigenvalue weighted by atomic mass is 32.1. The molecule has 1 aliphatic rings. The molecule has 0 radical (unpaired) electrons. The SMILES string of the molecule is CNC(=S)C(CN1CCOCC1)(c1ncccn1)N(C)C. The molecule has 7 heteroatoms. The number of nitrogens with one attached hydrogen (secondary N) is 1. The molecule has 1 N–H and O–H groups in total. The lowest BCUT2D eigenvalue weighted by Crippen LogP contribution is -2.60. The minimum Gasteiger partial charge on any atom is -0.381 e. The zero-order valence-electron chi connectivity index (χ0n) is 12.9. The Morgan fingerprint density at radius 2 is 2.00 bits per heavy atom. The van der Waals surface area contributed by atoms with Crippen LogP contribution in [0.2, 0.25) is 0 Å². The van der Waals surface area contributed by atoms with Crippen LogP contribution >= 0.6 is 12.2 Å². The van der Waals surface area contributed by atoms with Gasteiger partial charge in [0.2, 0.25) is 0 Å². The van der Waals surface area contributed by atoms with Crippen molar-refractivity contribution in [1.29, 1.82) is 0 Å². The van der Waals surface area contributed by atoms with E-state index >= 15 is 0 Å². The third kappa shape index (κ3) is 3.37. The number of ether oxygens (including phenoxy) is 1. The average Bonchev–Trinajstić information content (AvgIpc) is 2.53. The number of hydrogen-bond acceptors (Lipinski definition) is 6. The molecule has 1 unspecified atom stereocenters. The van der Waals surface area contributed by atoms with Gasteiger partial charge in [0.25, 0.3) is 0 Å². The summed E-state index contributed by atoms with van der Waals surface area (Å²) in [4.78, 5) is 14.1. The first-order chi connectivity index (χ1) is 10.1. The zero-order chi connectivity index (χ0) is 15.3. The van der Waals surface area contributed by atoms with Crippen molar-refractivity contribution < 1.29 is 4.74 Å². The fraction of sp³-hybridized carbons (Fsp3) is 0.643. The molecule has 6 nitrogen and oxygen atoms in total. The predicted molar refractivity (Wildman–Crippen MR) is 86.3 cm³/mol. The van der Waals surface area contributed by atoms with Crippen molar-refractivity contribution in [2.45, 2.75) is 5.54 Å². The van der Waals surface area contributed by atoms with Crippen LogP contribution in [0.25, 0.3) is 0 Å². The fourth-order valence-electron chi connectivity index (χ4n) is 2.59. The molecule has 1 aliphatic heterocycles. The number of rotatable bonds is 5. The molecule has 2 rings (SSSR count). The maximum atomic E-state index is 5.62. The highest BCUT2D eigenvalue weighted by Crippen LogP contribution is 2.26. The first kappa shape index (κ1) is 16.2. The van der Waals surface area contributed by atoms with E-state index in [1.807, 2.05) is 27.2 Å². The van der Waals surface area contributed by atoms with Gasteiger partial charge in [-0.3, -0.25) is 9.80 Å². The molecule has 0 bridgehead atoms. The number of likely N-dealkylation sites (N-methyl/N-ethyl adjacent to an activating group) is 2. The summed E-state index contributed by atoms with van der Waals surface area (Å²) < 4.78 is 5.43. The Morgan fingerprint density at radius 1 is 1.38 bits per heavy atom. The standard InChI is InChI=1S/C14H23N5OS/c1-15-13(21)14(18(2)3,12-16-5-4-6-17-12)11-19-7-9-20-10-8-19/h4-6H,7-11H2,1-3H3,(H,15,21). The van der Waals surface area contributed by atoms with Gasteiger partial charge in [-0.2, -0.15) is 0 Å². The molecule has 1 aromatic rings. The van der Waals surface area contributed by atoms with Gasteiger partial charge in [0.1, 0.15) is 10.5 Å². The predicted octanol–water partition coefficient (Wildman–Crippen LogP) is 0.113. The summed E-state index contributed by atoms with van der Waals surface area (Å²) in [6.45, 7) is 4.05. The number of nitrogens with zero attached hydrogens (tertiary/aromatic N) is 4. The second kappa shape index (κ2) is 7.22. The average molecular weight is 309 g/mol. The van der Waals surface area contributed by atoms with Gasteiger partial charge in [0.05, 0.1) is 13.2 Å². The molecular formula is C14H23N5OS. The van der Waals surface area contributed by atoms with E-state index in [-0.39, 0.29) is 0 Å². The van der Waals surface area contributed by atoms with Crippen molar-refractivity contribution in [3.63, 3.8) is 0 Å². The fourth-order valence-corrected chi connectivity index (χ4v) is 2.93. The summed E-state index contributed by atoms with van der Waals surface area (Å²) >= 11 is 5.62. The minimum absolute atomic E-state index is 0.539. The number of aromatic nitrogens is 2. The summed E-state index contributed by atoms with van der Waals surface area (Å²) in [5, 5.41) is 3.13. The monoisotopic (exact) mass is 309 g/mol. The van der Waals surface area contributed by atoms with Gasteiger partial charge in [0.15, 0.2) is 5.82 Å². The van der Waals surface area contributed by atoms with Crippen molar-refractivity contribution in [3.8, 4) is 0 Å². The van der Waals surface area contributed by atoms with Crippen LogP contribution in [0.1, 0.15) is 5.82 Å². The van der Waals surface area contributed by atoms with E-state index in [2.05, 4.69) is 25.1 Å². The van der Waals surface area contributed by atoms with Crippen molar-refractivity contribution in [1.82, 2.24) is 25.1 Å². The van der Waals surface area contributed by atoms with Crippen LogP contribution in [-0.4, -0.2) is 78.7 Å². The van der Waals surface area contributed by atoms with E-state index in [9.17, 15) is 0 Å². The molecule has 0 aromatic carbocycles. The van der Waals surface area contributed by atoms with Gasteiger partial charge in [0, 0.05) is 39.1 Å². The highest BCUT2D eigenvalue weighted by Gasteiger charge is 2.43. The largest absolute Gasteiger partial charge is 0.381 e. The Labute approximate surface area is 131 Å². The normalized spacial score (nSPS) is 19.2. The lowest BCUT2D eigenvalue weighted by molar-refractivity contribution is 0.0173. The van der Waals surface area contributed by atoms with Gasteiger partial charge in [-0.1, -0.05) is 12.2 Å². The zero-order valence-corrected chi connectivity index (χ0v) is 13.7. The summed E-state index contributed by atoms with van der Waals surface area (Å²) in [5.74, 6) is 0.723. The molecule has 21 heavy (non-hydrogen) atoms. The van der Waals surface area contributed by atoms with E-state index < -0.39 is 5.54 Å². The molecule has 0 spiro atoms. The molecule has 1 aromatic heterocycles. The van der Waals surface area contributed by atoms with Crippen molar-refractivity contribution in [3.05, 3.63) is 24.3 Å². The molecule has 2 heterocycles. The van der Waals surface area contributed by atoms with Gasteiger partial charge in [-0.25, -0.2) is 9.97 Å². The van der Waals surface area contributed by atoms with Crippen LogP contribution in [-0.2, 0) is 10.3 Å². The third-order valence-corrected chi connectivity index (χ3v) is 4.40. The number of hydrogen-bond donors (Lipinski definition) is 1. The topological polar surface area (TPSA) is 53.5 Å². The Balaban J connectivity index is 2.38. The summed E-state index contributed by atoms with van der Waals surface area (Å²) in [5.41, 5.74) is -0.539. The van der Waals surface area contributed by atoms with Crippen molar-refractivity contribution in [2.24, 2.45) is 0 Å². The molecule has 1 saturated heterocycles. The maximum Gasteiger partial charge on any atom is 0.156 e. The van der Waals surface area contributed by atoms with Crippen LogP contribution in [0.15, 0.2) is 18.5 Å². The molecule has 0 aliphatic carbocycles. The Morgan fingerprint density at radius 3 is 2.52 bits per heavy atom. The number of thiocarbonyl (C=S) groups is 1. The van der Waals surface area contributed by atoms with Gasteiger partial charge < -0.3 is 10.1 Å². The minimum atomic E-state index is -0.539. The molecule has 116 valence electrons. The second-order valence-corrected chi connectivity index (χ2v) is 5.70. The third-order valence-electron chi connectivity index (χ3n) is 3.86. The quantitative estimate of drug-likeness (QED) is 0.775. The van der Waals surface area contributed by atoms with Crippen LogP contribution in [0.4, 0.5) is 0 Å². The summed E-state index contributed by atoms with van der Waals surface area (Å²) in [7, 11) is 5.88. The van der Waals surface area contributed by atoms with E-state index in [1.165, 1.54) is 0 Å². The van der Waals surface area contributed by atoms with Gasteiger partial charge in [-0.15, -0.1) is 0 Å². The van der Waals surface area contributed by atoms with E-state index in [0.29, 0.717) is 0 Å².